The Hall–Kier alpha value is -5.22. The number of carbonyl (C=O) groups excluding carboxylic acids is 3. The largest absolute Gasteiger partial charge is 0.480 e. The van der Waals surface area contributed by atoms with Crippen LogP contribution in [0.3, 0.4) is 0 Å². The van der Waals surface area contributed by atoms with Gasteiger partial charge >= 0.3 is 0 Å². The molecule has 16 nitrogen and oxygen atoms in total. The van der Waals surface area contributed by atoms with E-state index in [2.05, 4.69) is 56.4 Å². The van der Waals surface area contributed by atoms with Gasteiger partial charge in [-0.05, 0) is 67.6 Å². The molecule has 3 fully saturated rings. The number of fused-ring (bicyclic) bond motifs is 1. The van der Waals surface area contributed by atoms with Crippen molar-refractivity contribution in [3.05, 3.63) is 87.8 Å². The van der Waals surface area contributed by atoms with E-state index in [9.17, 15) is 32.7 Å². The van der Waals surface area contributed by atoms with Crippen LogP contribution in [0, 0.1) is 17.5 Å². The highest BCUT2D eigenvalue weighted by Gasteiger charge is 2.42. The van der Waals surface area contributed by atoms with Gasteiger partial charge in [-0.15, -0.1) is 11.3 Å². The van der Waals surface area contributed by atoms with Crippen molar-refractivity contribution in [1.82, 2.24) is 35.7 Å². The number of unbranched alkanes of at least 4 members (excludes halogenated alkanes) is 3. The minimum atomic E-state index is -1.18. The van der Waals surface area contributed by atoms with Crippen molar-refractivity contribution in [3.63, 3.8) is 0 Å². The fourth-order valence-corrected chi connectivity index (χ4v) is 10.6. The Morgan fingerprint density at radius 2 is 1.69 bits per heavy atom. The second-order valence-electron chi connectivity index (χ2n) is 19.5. The molecule has 0 saturated carbocycles. The minimum Gasteiger partial charge on any atom is -0.480 e. The molecule has 6 heterocycles. The predicted octanol–water partition coefficient (Wildman–Crippen LogP) is 4.40. The number of anilines is 2. The highest BCUT2D eigenvalue weighted by atomic mass is 32.1. The van der Waals surface area contributed by atoms with Gasteiger partial charge in [0.05, 0.1) is 62.3 Å². The number of aliphatic hydroxyl groups is 1. The number of nitrogens with zero attached hydrogens (tertiary/aromatic N) is 6. The summed E-state index contributed by atoms with van der Waals surface area (Å²) in [6.45, 7) is 12.7. The van der Waals surface area contributed by atoms with Gasteiger partial charge in [-0.2, -0.15) is 4.39 Å². The lowest BCUT2D eigenvalue weighted by atomic mass is 9.90. The third kappa shape index (κ3) is 13.1. The first kappa shape index (κ1) is 52.1. The molecule has 384 valence electrons. The van der Waals surface area contributed by atoms with Crippen LogP contribution < -0.4 is 30.5 Å². The van der Waals surface area contributed by atoms with Gasteiger partial charge in [0.25, 0.3) is 5.91 Å². The molecule has 4 aromatic rings. The Bertz CT molecular complexity index is 2480. The number of carbonyl (C=O) groups is 3. The molecule has 0 unspecified atom stereocenters. The maximum Gasteiger partial charge on any atom is 0.257 e. The van der Waals surface area contributed by atoms with E-state index in [0.29, 0.717) is 103 Å². The number of hydrogen-bond acceptors (Lipinski definition) is 14. The molecule has 0 aliphatic carbocycles. The number of aromatic nitrogens is 2. The zero-order chi connectivity index (χ0) is 50.1. The molecule has 0 bridgehead atoms. The maximum atomic E-state index is 15.0. The summed E-state index contributed by atoms with van der Waals surface area (Å²) in [7, 11) is 0. The quantitative estimate of drug-likeness (QED) is 0.0920. The summed E-state index contributed by atoms with van der Waals surface area (Å²) < 4.78 is 59.7. The van der Waals surface area contributed by atoms with E-state index in [-0.39, 0.29) is 60.8 Å². The van der Waals surface area contributed by atoms with Crippen molar-refractivity contribution in [1.29, 1.82) is 0 Å². The molecular formula is C51H66F3N9O7S. The number of amides is 3. The fraction of sp³-hybridized carbons (Fsp3) is 0.549. The van der Waals surface area contributed by atoms with E-state index in [1.54, 1.807) is 17.5 Å². The van der Waals surface area contributed by atoms with Crippen LogP contribution in [-0.4, -0.2) is 159 Å². The number of thiazole rings is 1. The topological polar surface area (TPSA) is 174 Å². The van der Waals surface area contributed by atoms with E-state index in [1.165, 1.54) is 29.5 Å². The van der Waals surface area contributed by atoms with Crippen LogP contribution >= 0.6 is 11.3 Å². The van der Waals surface area contributed by atoms with Gasteiger partial charge in [0, 0.05) is 87.3 Å². The number of halogens is 3. The molecule has 2 aromatic carbocycles. The predicted molar refractivity (Wildman–Crippen MR) is 264 cm³/mol. The Labute approximate surface area is 417 Å². The molecule has 71 heavy (non-hydrogen) atoms. The summed E-state index contributed by atoms with van der Waals surface area (Å²) in [5.41, 5.74) is 3.95. The number of pyridine rings is 1. The summed E-state index contributed by atoms with van der Waals surface area (Å²) in [6.07, 6.45) is 3.47. The summed E-state index contributed by atoms with van der Waals surface area (Å²) >= 11 is 1.39. The normalized spacial score (nSPS) is 20.5. The molecule has 3 amide bonds. The van der Waals surface area contributed by atoms with Crippen molar-refractivity contribution < 1.29 is 46.9 Å². The smallest absolute Gasteiger partial charge is 0.257 e. The third-order valence-corrected chi connectivity index (χ3v) is 14.5. The van der Waals surface area contributed by atoms with Crippen LogP contribution in [0.15, 0.2) is 47.8 Å². The molecule has 8 rings (SSSR count). The molecule has 2 aromatic heterocycles. The average Bonchev–Trinajstić information content (AvgIpc) is 3.96. The first-order valence-corrected chi connectivity index (χ1v) is 25.6. The van der Waals surface area contributed by atoms with Crippen LogP contribution in [0.25, 0.3) is 11.3 Å². The molecule has 3 saturated heterocycles. The molecular weight excluding hydrogens is 940 g/mol. The molecule has 4 N–H and O–H groups in total. The number of hydrogen-bond donors (Lipinski definition) is 4. The van der Waals surface area contributed by atoms with Crippen molar-refractivity contribution in [3.8, 4) is 17.0 Å². The number of ether oxygens (including phenoxy) is 3. The van der Waals surface area contributed by atoms with E-state index in [1.807, 2.05) is 11.0 Å². The van der Waals surface area contributed by atoms with Crippen molar-refractivity contribution in [2.24, 2.45) is 0 Å². The van der Waals surface area contributed by atoms with Crippen LogP contribution in [0.2, 0.25) is 0 Å². The molecule has 20 heteroatoms. The molecule has 4 aliphatic rings. The van der Waals surface area contributed by atoms with E-state index in [0.717, 1.165) is 53.0 Å². The van der Waals surface area contributed by atoms with Gasteiger partial charge in [0.2, 0.25) is 17.6 Å². The number of benzene rings is 2. The van der Waals surface area contributed by atoms with Crippen molar-refractivity contribution >= 4 is 39.9 Å². The zero-order valence-electron chi connectivity index (χ0n) is 40.8. The molecule has 4 aliphatic heterocycles. The monoisotopic (exact) mass is 1010 g/mol. The lowest BCUT2D eigenvalue weighted by Gasteiger charge is -2.44. The third-order valence-electron chi connectivity index (χ3n) is 13.6. The van der Waals surface area contributed by atoms with Gasteiger partial charge in [-0.3, -0.25) is 29.2 Å². The van der Waals surface area contributed by atoms with Gasteiger partial charge in [-0.1, -0.05) is 38.8 Å². The first-order valence-electron chi connectivity index (χ1n) is 24.7. The second-order valence-corrected chi connectivity index (χ2v) is 20.3. The second kappa shape index (κ2) is 24.0. The average molecular weight is 1010 g/mol. The number of piperazine rings is 1. The highest BCUT2D eigenvalue weighted by molar-refractivity contribution is 7.14. The Kier molecular flexibility index (Phi) is 17.6. The van der Waals surface area contributed by atoms with Gasteiger partial charge in [0.15, 0.2) is 23.3 Å². The van der Waals surface area contributed by atoms with Gasteiger partial charge in [-0.25, -0.2) is 13.8 Å². The van der Waals surface area contributed by atoms with Gasteiger partial charge in [0.1, 0.15) is 11.9 Å². The molecule has 0 spiro atoms. The zero-order valence-corrected chi connectivity index (χ0v) is 41.6. The summed E-state index contributed by atoms with van der Waals surface area (Å²) in [4.78, 5) is 58.5. The summed E-state index contributed by atoms with van der Waals surface area (Å²) in [5, 5.41) is 22.2. The Morgan fingerprint density at radius 1 is 0.944 bits per heavy atom. The summed E-state index contributed by atoms with van der Waals surface area (Å²) in [6, 6.07) is 10.3. The summed E-state index contributed by atoms with van der Waals surface area (Å²) in [5.74, 6) is -3.56. The molecule has 3 atom stereocenters. The van der Waals surface area contributed by atoms with Crippen LogP contribution in [0.4, 0.5) is 24.0 Å². The van der Waals surface area contributed by atoms with Gasteiger partial charge < -0.3 is 45.1 Å². The minimum absolute atomic E-state index is 0.0487. The Morgan fingerprint density at radius 3 is 2.45 bits per heavy atom. The van der Waals surface area contributed by atoms with E-state index < -0.39 is 35.6 Å². The lowest BCUT2D eigenvalue weighted by molar-refractivity contribution is -0.134. The standard InChI is InChI=1S/C51H66F3N9O7S/c1-33-25-62(27-45(66)63-32-51(2,3)48-42(63)23-35(40(28-64)58-48)22-34-8-10-36(52)11-9-34)37(24-57-33)26-61-18-21-69-29-43(61)49(67)56-15-7-5-4-6-14-55-44(65)30-70-47-38(12-13-39(53)46(47)54)41-31-71-50(59-41)60-16-19-68-20-17-60/h8-13,23,31,33,37,43,57,64H,4-7,14-22,24-30,32H2,1-3H3,(H,55,65)(H,56,67)/t33-,37-,43+/m1/s1. The van der Waals surface area contributed by atoms with Crippen LogP contribution in [-0.2, 0) is 42.3 Å². The number of rotatable bonds is 20. The SMILES string of the molecule is C[C@@H]1CN(CC(=O)N2CC(C)(C)c3nc(CO)c(Cc4ccc(F)cc4)cc32)[C@@H](CN2CCOC[C@H]2C(=O)NCCCCCCNC(=O)COc2c(-c3csc(N4CCOCC4)n3)ccc(F)c2F)CN1. The maximum absolute atomic E-state index is 15.0. The fourth-order valence-electron chi connectivity index (χ4n) is 9.72. The lowest BCUT2D eigenvalue weighted by Crippen LogP contribution is -2.63. The van der Waals surface area contributed by atoms with Crippen LogP contribution in [0.5, 0.6) is 5.75 Å². The highest BCUT2D eigenvalue weighted by Crippen LogP contribution is 2.41. The van der Waals surface area contributed by atoms with E-state index in [4.69, 9.17) is 19.2 Å². The van der Waals surface area contributed by atoms with Crippen molar-refractivity contribution in [2.75, 3.05) is 108 Å². The van der Waals surface area contributed by atoms with Crippen LogP contribution in [0.1, 0.15) is 69.0 Å². The number of aliphatic hydroxyl groups excluding tert-OH is 1. The number of nitrogens with one attached hydrogen (secondary N) is 3. The van der Waals surface area contributed by atoms with E-state index >= 15 is 0 Å². The number of morpholine rings is 2. The Balaban J connectivity index is 0.775. The van der Waals surface area contributed by atoms with Crippen molar-refractivity contribution in [2.45, 2.75) is 83.0 Å². The first-order chi connectivity index (χ1) is 34.3. The molecule has 0 radical (unpaired) electrons.